The van der Waals surface area contributed by atoms with Crippen LogP contribution in [0.4, 0.5) is 5.13 Å². The van der Waals surface area contributed by atoms with Crippen molar-refractivity contribution in [1.82, 2.24) is 4.98 Å². The molecule has 1 heterocycles. The van der Waals surface area contributed by atoms with Crippen LogP contribution in [-0.2, 0) is 4.79 Å². The van der Waals surface area contributed by atoms with Crippen molar-refractivity contribution in [3.05, 3.63) is 11.1 Å². The summed E-state index contributed by atoms with van der Waals surface area (Å²) in [6, 6.07) is 0. The Morgan fingerprint density at radius 1 is 1.59 bits per heavy atom. The van der Waals surface area contributed by atoms with E-state index in [9.17, 15) is 4.79 Å². The summed E-state index contributed by atoms with van der Waals surface area (Å²) in [4.78, 5) is 16.4. The van der Waals surface area contributed by atoms with Crippen molar-refractivity contribution in [3.63, 3.8) is 0 Å². The molecule has 1 N–H and O–H groups in total. The number of hydrogen-bond donors (Lipinski definition) is 1. The third kappa shape index (κ3) is 1.96. The average Bonchev–Trinajstić information content (AvgIpc) is 3.10. The highest BCUT2D eigenvalue weighted by Gasteiger charge is 2.68. The maximum atomic E-state index is 12.0. The van der Waals surface area contributed by atoms with Crippen LogP contribution in [0.15, 0.2) is 5.38 Å². The highest BCUT2D eigenvalue weighted by molar-refractivity contribution is 7.14. The van der Waals surface area contributed by atoms with Crippen LogP contribution in [0.25, 0.3) is 0 Å². The summed E-state index contributed by atoms with van der Waals surface area (Å²) in [5, 5.41) is 5.46. The first-order valence-corrected chi connectivity index (χ1v) is 7.21. The predicted molar refractivity (Wildman–Crippen MR) is 69.9 cm³/mol. The van der Waals surface area contributed by atoms with Crippen molar-refractivity contribution >= 4 is 45.6 Å². The Bertz CT molecular complexity index is 484. The third-order valence-corrected chi connectivity index (χ3v) is 5.37. The summed E-state index contributed by atoms with van der Waals surface area (Å²) < 4.78 is -0.923. The standard InChI is InChI=1S/C11H12Cl2N2OS/c1-10(5-11(10,12)13)8(16)15-9-14-7(4-17-9)6-2-3-6/h4,6H,2-3,5H2,1H3,(H,14,15,16). The van der Waals surface area contributed by atoms with Crippen LogP contribution in [0.2, 0.25) is 0 Å². The molecule has 0 bridgehead atoms. The van der Waals surface area contributed by atoms with Gasteiger partial charge >= 0.3 is 0 Å². The van der Waals surface area contributed by atoms with E-state index in [-0.39, 0.29) is 5.91 Å². The topological polar surface area (TPSA) is 42.0 Å². The fourth-order valence-corrected chi connectivity index (χ4v) is 3.28. The maximum absolute atomic E-state index is 12.0. The molecule has 0 aromatic carbocycles. The fraction of sp³-hybridized carbons (Fsp3) is 0.636. The second kappa shape index (κ2) is 3.59. The molecule has 3 rings (SSSR count). The third-order valence-electron chi connectivity index (χ3n) is 3.50. The molecule has 0 spiro atoms. The largest absolute Gasteiger partial charge is 0.301 e. The molecule has 2 saturated carbocycles. The zero-order valence-corrected chi connectivity index (χ0v) is 11.6. The zero-order valence-electron chi connectivity index (χ0n) is 9.30. The Labute approximate surface area is 114 Å². The van der Waals surface area contributed by atoms with Gasteiger partial charge < -0.3 is 5.32 Å². The number of aromatic nitrogens is 1. The summed E-state index contributed by atoms with van der Waals surface area (Å²) in [5.74, 6) is 0.466. The Kier molecular flexibility index (Phi) is 2.48. The Morgan fingerprint density at radius 3 is 2.76 bits per heavy atom. The van der Waals surface area contributed by atoms with Crippen LogP contribution in [0.3, 0.4) is 0 Å². The number of halogens is 2. The Morgan fingerprint density at radius 2 is 2.24 bits per heavy atom. The molecule has 1 amide bonds. The summed E-state index contributed by atoms with van der Waals surface area (Å²) in [7, 11) is 0. The number of amides is 1. The first-order valence-electron chi connectivity index (χ1n) is 5.57. The number of carbonyl (C=O) groups is 1. The quantitative estimate of drug-likeness (QED) is 0.865. The van der Waals surface area contributed by atoms with E-state index < -0.39 is 9.75 Å². The molecule has 1 atom stereocenters. The van der Waals surface area contributed by atoms with E-state index in [1.165, 1.54) is 24.2 Å². The van der Waals surface area contributed by atoms with Crippen molar-refractivity contribution in [2.24, 2.45) is 5.41 Å². The molecule has 6 heteroatoms. The molecule has 17 heavy (non-hydrogen) atoms. The second-order valence-electron chi connectivity index (χ2n) is 5.02. The van der Waals surface area contributed by atoms with Gasteiger partial charge in [0.05, 0.1) is 11.1 Å². The molecule has 2 fully saturated rings. The monoisotopic (exact) mass is 290 g/mol. The van der Waals surface area contributed by atoms with Gasteiger partial charge in [-0.2, -0.15) is 0 Å². The Balaban J connectivity index is 1.68. The lowest BCUT2D eigenvalue weighted by molar-refractivity contribution is -0.120. The van der Waals surface area contributed by atoms with Crippen molar-refractivity contribution in [2.75, 3.05) is 5.32 Å². The lowest BCUT2D eigenvalue weighted by Crippen LogP contribution is -2.25. The van der Waals surface area contributed by atoms with Gasteiger partial charge in [-0.1, -0.05) is 0 Å². The van der Waals surface area contributed by atoms with Crippen LogP contribution in [0, 0.1) is 5.41 Å². The normalized spacial score (nSPS) is 30.1. The lowest BCUT2D eigenvalue weighted by atomic mass is 10.1. The first kappa shape index (κ1) is 11.8. The summed E-state index contributed by atoms with van der Waals surface area (Å²) in [5.41, 5.74) is 0.413. The molecular weight excluding hydrogens is 279 g/mol. The van der Waals surface area contributed by atoms with Crippen LogP contribution >= 0.6 is 34.5 Å². The lowest BCUT2D eigenvalue weighted by Gasteiger charge is -2.10. The number of rotatable bonds is 3. The van der Waals surface area contributed by atoms with Gasteiger partial charge in [0.25, 0.3) is 0 Å². The van der Waals surface area contributed by atoms with E-state index in [4.69, 9.17) is 23.2 Å². The van der Waals surface area contributed by atoms with E-state index in [0.717, 1.165) is 5.69 Å². The molecule has 3 nitrogen and oxygen atoms in total. The molecular formula is C11H12Cl2N2OS. The maximum Gasteiger partial charge on any atom is 0.235 e. The number of nitrogens with zero attached hydrogens (tertiary/aromatic N) is 1. The summed E-state index contributed by atoms with van der Waals surface area (Å²) in [6.45, 7) is 1.78. The number of alkyl halides is 2. The number of carbonyl (C=O) groups excluding carboxylic acids is 1. The van der Waals surface area contributed by atoms with E-state index in [2.05, 4.69) is 10.3 Å². The van der Waals surface area contributed by atoms with Gasteiger partial charge in [-0.15, -0.1) is 34.5 Å². The number of nitrogens with one attached hydrogen (secondary N) is 1. The van der Waals surface area contributed by atoms with E-state index in [0.29, 0.717) is 17.5 Å². The van der Waals surface area contributed by atoms with Gasteiger partial charge in [0.2, 0.25) is 5.91 Å². The van der Waals surface area contributed by atoms with Crippen molar-refractivity contribution < 1.29 is 4.79 Å². The van der Waals surface area contributed by atoms with E-state index in [1.807, 2.05) is 5.38 Å². The second-order valence-corrected chi connectivity index (χ2v) is 7.36. The minimum absolute atomic E-state index is 0.140. The van der Waals surface area contributed by atoms with Crippen molar-refractivity contribution in [3.8, 4) is 0 Å². The van der Waals surface area contributed by atoms with Gasteiger partial charge in [0.1, 0.15) is 4.33 Å². The van der Waals surface area contributed by atoms with Crippen molar-refractivity contribution in [1.29, 1.82) is 0 Å². The molecule has 1 unspecified atom stereocenters. The molecule has 0 saturated heterocycles. The molecule has 1 aromatic heterocycles. The average molecular weight is 291 g/mol. The van der Waals surface area contributed by atoms with Gasteiger partial charge in [0, 0.05) is 11.3 Å². The molecule has 0 aliphatic heterocycles. The highest BCUT2D eigenvalue weighted by atomic mass is 35.5. The minimum atomic E-state index is -0.923. The van der Waals surface area contributed by atoms with Crippen LogP contribution in [-0.4, -0.2) is 15.2 Å². The first-order chi connectivity index (χ1) is 7.92. The van der Waals surface area contributed by atoms with Gasteiger partial charge in [-0.3, -0.25) is 4.79 Å². The smallest absolute Gasteiger partial charge is 0.235 e. The molecule has 2 aliphatic rings. The minimum Gasteiger partial charge on any atom is -0.301 e. The van der Waals surface area contributed by atoms with Crippen LogP contribution < -0.4 is 5.32 Å². The summed E-state index contributed by atoms with van der Waals surface area (Å²) in [6.07, 6.45) is 2.92. The number of hydrogen-bond acceptors (Lipinski definition) is 3. The van der Waals surface area contributed by atoms with Crippen LogP contribution in [0.1, 0.15) is 37.8 Å². The molecule has 1 aromatic rings. The fourth-order valence-electron chi connectivity index (χ4n) is 1.79. The predicted octanol–water partition coefficient (Wildman–Crippen LogP) is 3.54. The Hall–Kier alpha value is -0.320. The highest BCUT2D eigenvalue weighted by Crippen LogP contribution is 2.64. The van der Waals surface area contributed by atoms with Crippen molar-refractivity contribution in [2.45, 2.75) is 36.4 Å². The van der Waals surface area contributed by atoms with E-state index >= 15 is 0 Å². The van der Waals surface area contributed by atoms with Crippen LogP contribution in [0.5, 0.6) is 0 Å². The molecule has 2 aliphatic carbocycles. The number of thiazole rings is 1. The SMILES string of the molecule is CC1(C(=O)Nc2nc(C3CC3)cs2)CC1(Cl)Cl. The van der Waals surface area contributed by atoms with Gasteiger partial charge in [0.15, 0.2) is 5.13 Å². The molecule has 0 radical (unpaired) electrons. The van der Waals surface area contributed by atoms with Gasteiger partial charge in [-0.05, 0) is 26.2 Å². The van der Waals surface area contributed by atoms with Gasteiger partial charge in [-0.25, -0.2) is 4.98 Å². The van der Waals surface area contributed by atoms with E-state index in [1.54, 1.807) is 6.92 Å². The summed E-state index contributed by atoms with van der Waals surface area (Å²) >= 11 is 13.4. The number of anilines is 1. The zero-order chi connectivity index (χ0) is 12.3. The molecule has 92 valence electrons.